The van der Waals surface area contributed by atoms with Crippen molar-refractivity contribution in [1.29, 1.82) is 0 Å². The van der Waals surface area contributed by atoms with Crippen LogP contribution in [0.15, 0.2) is 30.3 Å². The Labute approximate surface area is 210 Å². The number of esters is 1. The van der Waals surface area contributed by atoms with E-state index in [0.29, 0.717) is 13.0 Å². The first-order chi connectivity index (χ1) is 16.9. The van der Waals surface area contributed by atoms with Gasteiger partial charge < -0.3 is 25.4 Å². The van der Waals surface area contributed by atoms with Gasteiger partial charge in [0.1, 0.15) is 12.6 Å². The van der Waals surface area contributed by atoms with Crippen LogP contribution < -0.4 is 16.0 Å². The molecule has 0 radical (unpaired) electrons. The molecule has 0 bridgehead atoms. The molecule has 200 valence electrons. The SMILES string of the molecule is CC(=O)OC(C(C[C@@H]1CCNC1=O)NC(=O)C(CC(C)C)NC(=O)OCc1ccccc1)S(=O)(=O)O. The first-order valence-corrected chi connectivity index (χ1v) is 13.1. The number of hydrogen-bond donors (Lipinski definition) is 4. The lowest BCUT2D eigenvalue weighted by atomic mass is 9.97. The van der Waals surface area contributed by atoms with Gasteiger partial charge in [-0.1, -0.05) is 44.2 Å². The number of alkyl carbamates (subject to hydrolysis) is 1. The van der Waals surface area contributed by atoms with Gasteiger partial charge in [0.2, 0.25) is 17.3 Å². The van der Waals surface area contributed by atoms with Crippen molar-refractivity contribution in [2.75, 3.05) is 6.54 Å². The third-order valence-corrected chi connectivity index (χ3v) is 6.47. The zero-order valence-electron chi connectivity index (χ0n) is 20.4. The van der Waals surface area contributed by atoms with Gasteiger partial charge in [0.15, 0.2) is 0 Å². The molecule has 0 spiro atoms. The Morgan fingerprint density at radius 3 is 2.36 bits per heavy atom. The third kappa shape index (κ3) is 9.46. The van der Waals surface area contributed by atoms with E-state index in [2.05, 4.69) is 16.0 Å². The molecule has 1 saturated heterocycles. The fourth-order valence-electron chi connectivity index (χ4n) is 3.82. The van der Waals surface area contributed by atoms with Crippen LogP contribution in [0.2, 0.25) is 0 Å². The van der Waals surface area contributed by atoms with Crippen LogP contribution in [-0.2, 0) is 40.6 Å². The molecule has 0 aromatic heterocycles. The number of hydrogen-bond acceptors (Lipinski definition) is 8. The summed E-state index contributed by atoms with van der Waals surface area (Å²) in [7, 11) is -4.98. The standard InChI is InChI=1S/C23H33N3O9S/c1-14(2)11-18(26-23(30)34-13-16-7-5-4-6-8-16)21(29)25-19(12-17-9-10-24-20(17)28)22(35-15(3)27)36(31,32)33/h4-8,14,17-19,22H,9-13H2,1-3H3,(H,24,28)(H,25,29)(H,26,30)(H,31,32,33)/t17-,18?,19?,22?/m0/s1. The zero-order chi connectivity index (χ0) is 26.9. The maximum Gasteiger partial charge on any atom is 0.408 e. The minimum atomic E-state index is -4.98. The highest BCUT2D eigenvalue weighted by Crippen LogP contribution is 2.22. The van der Waals surface area contributed by atoms with Crippen molar-refractivity contribution in [3.8, 4) is 0 Å². The maximum atomic E-state index is 13.2. The normalized spacial score (nSPS) is 18.0. The van der Waals surface area contributed by atoms with Gasteiger partial charge in [-0.05, 0) is 30.7 Å². The van der Waals surface area contributed by atoms with Gasteiger partial charge >= 0.3 is 22.2 Å². The number of nitrogens with one attached hydrogen (secondary N) is 3. The van der Waals surface area contributed by atoms with E-state index in [1.165, 1.54) is 0 Å². The van der Waals surface area contributed by atoms with E-state index in [4.69, 9.17) is 9.47 Å². The molecule has 1 aliphatic rings. The summed E-state index contributed by atoms with van der Waals surface area (Å²) in [5, 5.41) is 7.53. The summed E-state index contributed by atoms with van der Waals surface area (Å²) in [6, 6.07) is 6.32. The average molecular weight is 528 g/mol. The molecule has 3 amide bonds. The first kappa shape index (κ1) is 29.0. The van der Waals surface area contributed by atoms with Gasteiger partial charge in [0.05, 0.1) is 6.04 Å². The van der Waals surface area contributed by atoms with E-state index in [0.717, 1.165) is 12.5 Å². The van der Waals surface area contributed by atoms with Gasteiger partial charge in [-0.2, -0.15) is 8.42 Å². The number of benzene rings is 1. The quantitative estimate of drug-likeness (QED) is 0.229. The van der Waals surface area contributed by atoms with Gasteiger partial charge in [0, 0.05) is 19.4 Å². The smallest absolute Gasteiger partial charge is 0.408 e. The number of amides is 3. The van der Waals surface area contributed by atoms with Crippen molar-refractivity contribution in [1.82, 2.24) is 16.0 Å². The van der Waals surface area contributed by atoms with Crippen LogP contribution >= 0.6 is 0 Å². The molecular formula is C23H33N3O9S. The molecular weight excluding hydrogens is 494 g/mol. The molecule has 1 fully saturated rings. The summed E-state index contributed by atoms with van der Waals surface area (Å²) in [6.45, 7) is 4.92. The van der Waals surface area contributed by atoms with Crippen LogP contribution in [0.25, 0.3) is 0 Å². The van der Waals surface area contributed by atoms with Crippen molar-refractivity contribution in [3.05, 3.63) is 35.9 Å². The monoisotopic (exact) mass is 527 g/mol. The highest BCUT2D eigenvalue weighted by Gasteiger charge is 2.41. The second-order valence-corrected chi connectivity index (χ2v) is 10.5. The van der Waals surface area contributed by atoms with Crippen LogP contribution in [0, 0.1) is 11.8 Å². The summed E-state index contributed by atoms with van der Waals surface area (Å²) in [6.07, 6.45) is -0.546. The van der Waals surface area contributed by atoms with Crippen molar-refractivity contribution in [2.45, 2.75) is 64.2 Å². The minimum Gasteiger partial charge on any atom is -0.445 e. The number of carbonyl (C=O) groups is 4. The summed E-state index contributed by atoms with van der Waals surface area (Å²) in [5.74, 6) is -2.88. The Morgan fingerprint density at radius 1 is 1.17 bits per heavy atom. The van der Waals surface area contributed by atoms with Gasteiger partial charge in [-0.15, -0.1) is 0 Å². The van der Waals surface area contributed by atoms with Crippen LogP contribution in [-0.4, -0.2) is 60.9 Å². The Kier molecular flexibility index (Phi) is 10.7. The molecule has 0 saturated carbocycles. The van der Waals surface area contributed by atoms with E-state index in [1.54, 1.807) is 24.3 Å². The molecule has 4 N–H and O–H groups in total. The molecule has 12 nitrogen and oxygen atoms in total. The molecule has 1 aliphatic heterocycles. The Bertz CT molecular complexity index is 1030. The maximum absolute atomic E-state index is 13.2. The predicted octanol–water partition coefficient (Wildman–Crippen LogP) is 1.12. The fraction of sp³-hybridized carbons (Fsp3) is 0.565. The second kappa shape index (κ2) is 13.2. The Morgan fingerprint density at radius 2 is 1.83 bits per heavy atom. The van der Waals surface area contributed by atoms with Gasteiger partial charge in [-0.3, -0.25) is 18.9 Å². The molecule has 0 aliphatic carbocycles. The highest BCUT2D eigenvalue weighted by atomic mass is 32.2. The molecule has 1 aromatic rings. The van der Waals surface area contributed by atoms with Crippen LogP contribution in [0.5, 0.6) is 0 Å². The van der Waals surface area contributed by atoms with Crippen LogP contribution in [0.4, 0.5) is 4.79 Å². The molecule has 36 heavy (non-hydrogen) atoms. The molecule has 3 unspecified atom stereocenters. The van der Waals surface area contributed by atoms with Crippen molar-refractivity contribution >= 4 is 34.0 Å². The number of rotatable bonds is 12. The lowest BCUT2D eigenvalue weighted by Crippen LogP contribution is -2.55. The summed E-state index contributed by atoms with van der Waals surface area (Å²) < 4.78 is 43.8. The van der Waals surface area contributed by atoms with E-state index in [1.807, 2.05) is 19.9 Å². The lowest BCUT2D eigenvalue weighted by Gasteiger charge is -2.29. The van der Waals surface area contributed by atoms with E-state index < -0.39 is 51.5 Å². The fourth-order valence-corrected chi connectivity index (χ4v) is 4.67. The highest BCUT2D eigenvalue weighted by molar-refractivity contribution is 7.86. The second-order valence-electron chi connectivity index (χ2n) is 9.01. The number of carbonyl (C=O) groups excluding carboxylic acids is 4. The van der Waals surface area contributed by atoms with Crippen molar-refractivity contribution < 1.29 is 41.6 Å². The summed E-state index contributed by atoms with van der Waals surface area (Å²) in [5.41, 5.74) is -1.40. The van der Waals surface area contributed by atoms with Gasteiger partial charge in [-0.25, -0.2) is 4.79 Å². The van der Waals surface area contributed by atoms with Crippen LogP contribution in [0.1, 0.15) is 45.6 Å². The Hall–Kier alpha value is -3.19. The van der Waals surface area contributed by atoms with E-state index in [-0.39, 0.29) is 31.3 Å². The van der Waals surface area contributed by atoms with Gasteiger partial charge in [0.25, 0.3) is 0 Å². The van der Waals surface area contributed by atoms with Crippen molar-refractivity contribution in [3.63, 3.8) is 0 Å². The van der Waals surface area contributed by atoms with E-state index >= 15 is 0 Å². The summed E-state index contributed by atoms with van der Waals surface area (Å²) in [4.78, 5) is 49.2. The van der Waals surface area contributed by atoms with Crippen molar-refractivity contribution in [2.24, 2.45) is 11.8 Å². The topological polar surface area (TPSA) is 177 Å². The Balaban J connectivity index is 2.19. The average Bonchev–Trinajstić information content (AvgIpc) is 3.19. The largest absolute Gasteiger partial charge is 0.445 e. The molecule has 4 atom stereocenters. The minimum absolute atomic E-state index is 0.0284. The summed E-state index contributed by atoms with van der Waals surface area (Å²) >= 11 is 0. The van der Waals surface area contributed by atoms with Crippen LogP contribution in [0.3, 0.4) is 0 Å². The molecule has 1 aromatic carbocycles. The zero-order valence-corrected chi connectivity index (χ0v) is 21.2. The molecule has 1 heterocycles. The van der Waals surface area contributed by atoms with E-state index in [9.17, 15) is 32.1 Å². The number of ether oxygens (including phenoxy) is 2. The predicted molar refractivity (Wildman–Crippen MR) is 128 cm³/mol. The lowest BCUT2D eigenvalue weighted by molar-refractivity contribution is -0.145. The molecule has 2 rings (SSSR count). The third-order valence-electron chi connectivity index (χ3n) is 5.46. The molecule has 13 heteroatoms. The first-order valence-electron chi connectivity index (χ1n) is 11.6.